The molecule has 2 atom stereocenters. The maximum atomic E-state index is 2.60. The van der Waals surface area contributed by atoms with Gasteiger partial charge in [-0.05, 0) is 60.6 Å². The van der Waals surface area contributed by atoms with E-state index in [0.29, 0.717) is 0 Å². The van der Waals surface area contributed by atoms with Crippen LogP contribution < -0.4 is 0 Å². The fourth-order valence-electron chi connectivity index (χ4n) is 4.86. The van der Waals surface area contributed by atoms with E-state index in [1.165, 1.54) is 74.2 Å². The van der Waals surface area contributed by atoms with E-state index >= 15 is 0 Å². The van der Waals surface area contributed by atoms with Crippen LogP contribution in [0.2, 0.25) is 0 Å². The predicted molar refractivity (Wildman–Crippen MR) is 171 cm³/mol. The van der Waals surface area contributed by atoms with Gasteiger partial charge in [0.05, 0.1) is 9.75 Å². The van der Waals surface area contributed by atoms with Crippen molar-refractivity contribution in [3.8, 4) is 9.75 Å². The molecule has 2 unspecified atom stereocenters. The van der Waals surface area contributed by atoms with Gasteiger partial charge in [-0.25, -0.2) is 0 Å². The zero-order valence-electron chi connectivity index (χ0n) is 25.4. The van der Waals surface area contributed by atoms with E-state index in [1.54, 1.807) is 19.5 Å². The molecule has 0 bridgehead atoms. The minimum Gasteiger partial charge on any atom is -0.184 e. The molecule has 0 fully saturated rings. The quantitative estimate of drug-likeness (QED) is 0.251. The van der Waals surface area contributed by atoms with Crippen LogP contribution in [0.3, 0.4) is 0 Å². The standard InChI is InChI=1S/C25H40S3.C3H8.2C2H6/c1-6-10-12-20(8-3)17-28(18-21(9-4)13-11-7-2)22-14-15-26-24(22)25-23(28)16-19(5)27-25;1-3-2;2*1-2/h14-16,20-21H,6-13,17-18H2,1-5H3;3H2,1-2H3;2*1-2H3. The van der Waals surface area contributed by atoms with Crippen LogP contribution in [0.15, 0.2) is 27.3 Å². The maximum absolute atomic E-state index is 2.60. The zero-order chi connectivity index (χ0) is 26.9. The molecule has 0 aliphatic carbocycles. The summed E-state index contributed by atoms with van der Waals surface area (Å²) in [6.07, 6.45) is 12.2. The SMILES string of the molecule is CC.CC.CCC.CCCCC(CC)CS1(CC(CC)CCCC)c2ccsc2-c2sc(C)cc21. The number of hydrogen-bond acceptors (Lipinski definition) is 2. The second-order valence-electron chi connectivity index (χ2n) is 9.42. The lowest BCUT2D eigenvalue weighted by molar-refractivity contribution is 0.484. The largest absolute Gasteiger partial charge is 0.184 e. The Bertz CT molecular complexity index is 737. The molecule has 2 aromatic rings. The van der Waals surface area contributed by atoms with Crippen molar-refractivity contribution < 1.29 is 0 Å². The molecule has 1 aliphatic rings. The van der Waals surface area contributed by atoms with Crippen molar-refractivity contribution in [2.75, 3.05) is 11.5 Å². The van der Waals surface area contributed by atoms with E-state index in [-0.39, 0.29) is 0 Å². The van der Waals surface area contributed by atoms with Crippen LogP contribution in [0.1, 0.15) is 132 Å². The summed E-state index contributed by atoms with van der Waals surface area (Å²) in [7, 11) is -0.878. The number of aryl methyl sites for hydroxylation is 1. The number of rotatable bonds is 12. The van der Waals surface area contributed by atoms with Gasteiger partial charge in [0, 0.05) is 14.7 Å². The third-order valence-corrected chi connectivity index (χ3v) is 13.4. The summed E-state index contributed by atoms with van der Waals surface area (Å²) < 4.78 is 0. The molecule has 0 aromatic carbocycles. The van der Waals surface area contributed by atoms with Crippen LogP contribution in [0.25, 0.3) is 9.75 Å². The fourth-order valence-corrected chi connectivity index (χ4v) is 13.4. The normalized spacial score (nSPS) is 18.8. The second-order valence-corrected chi connectivity index (χ2v) is 14.9. The molecule has 1 aliphatic heterocycles. The van der Waals surface area contributed by atoms with Crippen LogP contribution in [0.4, 0.5) is 0 Å². The Morgan fingerprint density at radius 2 is 1.23 bits per heavy atom. The molecule has 2 aromatic heterocycles. The van der Waals surface area contributed by atoms with Gasteiger partial charge in [0.2, 0.25) is 0 Å². The molecular formula is C32H60S3. The van der Waals surface area contributed by atoms with Crippen molar-refractivity contribution in [1.29, 1.82) is 0 Å². The highest BCUT2D eigenvalue weighted by molar-refractivity contribution is 8.34. The van der Waals surface area contributed by atoms with Gasteiger partial charge in [0.1, 0.15) is 0 Å². The average Bonchev–Trinajstić information content (AvgIpc) is 3.57. The molecular weight excluding hydrogens is 481 g/mol. The molecule has 0 saturated carbocycles. The number of thiophene rings is 2. The third-order valence-electron chi connectivity index (χ3n) is 6.63. The lowest BCUT2D eigenvalue weighted by Crippen LogP contribution is -2.20. The molecule has 206 valence electrons. The minimum absolute atomic E-state index is 0.878. The average molecular weight is 541 g/mol. The first-order valence-electron chi connectivity index (χ1n) is 15.0. The predicted octanol–water partition coefficient (Wildman–Crippen LogP) is 13.2. The van der Waals surface area contributed by atoms with Crippen molar-refractivity contribution in [1.82, 2.24) is 0 Å². The van der Waals surface area contributed by atoms with E-state index in [4.69, 9.17) is 0 Å². The molecule has 0 radical (unpaired) electrons. The number of unbranched alkanes of at least 4 members (excludes halogenated alkanes) is 2. The molecule has 0 nitrogen and oxygen atoms in total. The van der Waals surface area contributed by atoms with Crippen molar-refractivity contribution >= 4 is 32.7 Å². The first kappa shape index (κ1) is 34.8. The van der Waals surface area contributed by atoms with Gasteiger partial charge in [0.15, 0.2) is 0 Å². The Labute approximate surface area is 231 Å². The molecule has 3 heteroatoms. The van der Waals surface area contributed by atoms with Crippen LogP contribution >= 0.6 is 32.7 Å². The van der Waals surface area contributed by atoms with Crippen molar-refractivity contribution in [2.45, 2.75) is 144 Å². The van der Waals surface area contributed by atoms with Gasteiger partial charge < -0.3 is 0 Å². The lowest BCUT2D eigenvalue weighted by atomic mass is 10.0. The summed E-state index contributed by atoms with van der Waals surface area (Å²) in [5, 5.41) is 2.38. The fraction of sp³-hybridized carbons (Fsp3) is 0.750. The molecule has 35 heavy (non-hydrogen) atoms. The highest BCUT2D eigenvalue weighted by Gasteiger charge is 2.43. The number of fused-ring (bicyclic) bond motifs is 3. The molecule has 3 heterocycles. The van der Waals surface area contributed by atoms with Crippen molar-refractivity contribution in [2.24, 2.45) is 11.8 Å². The summed E-state index contributed by atoms with van der Waals surface area (Å²) in [6, 6.07) is 5.12. The Hall–Kier alpha value is -0.250. The first-order chi connectivity index (χ1) is 17.0. The lowest BCUT2D eigenvalue weighted by Gasteiger charge is -2.42. The Kier molecular flexibility index (Phi) is 19.7. The van der Waals surface area contributed by atoms with Gasteiger partial charge in [-0.3, -0.25) is 0 Å². The van der Waals surface area contributed by atoms with Gasteiger partial charge in [-0.1, -0.05) is 114 Å². The highest BCUT2D eigenvalue weighted by Crippen LogP contribution is 2.75. The molecule has 0 spiro atoms. The molecule has 0 amide bonds. The minimum atomic E-state index is -0.878. The van der Waals surface area contributed by atoms with E-state index in [9.17, 15) is 0 Å². The summed E-state index contributed by atoms with van der Waals surface area (Å²) in [5.41, 5.74) is 0. The van der Waals surface area contributed by atoms with E-state index in [1.807, 2.05) is 39.0 Å². The third kappa shape index (κ3) is 9.53. The van der Waals surface area contributed by atoms with Gasteiger partial charge in [-0.2, -0.15) is 10.0 Å². The Balaban J connectivity index is 0.00000150. The van der Waals surface area contributed by atoms with Crippen molar-refractivity contribution in [3.63, 3.8) is 0 Å². The molecule has 3 rings (SSSR count). The van der Waals surface area contributed by atoms with Gasteiger partial charge in [0.25, 0.3) is 0 Å². The topological polar surface area (TPSA) is 0 Å². The van der Waals surface area contributed by atoms with Crippen LogP contribution in [0, 0.1) is 18.8 Å². The Morgan fingerprint density at radius 3 is 1.66 bits per heavy atom. The van der Waals surface area contributed by atoms with E-state index < -0.39 is 10.0 Å². The van der Waals surface area contributed by atoms with Gasteiger partial charge >= 0.3 is 0 Å². The van der Waals surface area contributed by atoms with E-state index in [0.717, 1.165) is 11.8 Å². The van der Waals surface area contributed by atoms with Crippen molar-refractivity contribution in [3.05, 3.63) is 22.4 Å². The summed E-state index contributed by atoms with van der Waals surface area (Å²) in [5.74, 6) is 4.66. The second kappa shape index (κ2) is 19.8. The van der Waals surface area contributed by atoms with Crippen LogP contribution in [-0.2, 0) is 0 Å². The zero-order valence-corrected chi connectivity index (χ0v) is 27.8. The van der Waals surface area contributed by atoms with E-state index in [2.05, 4.69) is 77.3 Å². The summed E-state index contributed by atoms with van der Waals surface area (Å²) in [6.45, 7) is 24.1. The van der Waals surface area contributed by atoms with Crippen LogP contribution in [0.5, 0.6) is 0 Å². The smallest absolute Gasteiger partial charge is 0.0580 e. The summed E-state index contributed by atoms with van der Waals surface area (Å²) in [4.78, 5) is 8.35. The monoisotopic (exact) mass is 540 g/mol. The Morgan fingerprint density at radius 1 is 0.743 bits per heavy atom. The van der Waals surface area contributed by atoms with Gasteiger partial charge in [-0.15, -0.1) is 22.7 Å². The molecule has 0 saturated heterocycles. The maximum Gasteiger partial charge on any atom is 0.0580 e. The molecule has 0 N–H and O–H groups in total. The number of hydrogen-bond donors (Lipinski definition) is 0. The first-order valence-corrected chi connectivity index (χ1v) is 18.6. The van der Waals surface area contributed by atoms with Crippen LogP contribution in [-0.4, -0.2) is 11.5 Å². The summed E-state index contributed by atoms with van der Waals surface area (Å²) >= 11 is 4.07. The highest BCUT2D eigenvalue weighted by atomic mass is 32.3.